The fourth-order valence-corrected chi connectivity index (χ4v) is 2.36. The third-order valence-electron chi connectivity index (χ3n) is 3.74. The molecule has 1 aromatic carbocycles. The summed E-state index contributed by atoms with van der Waals surface area (Å²) in [5, 5.41) is -0.208. The maximum absolute atomic E-state index is 13.7. The highest BCUT2D eigenvalue weighted by molar-refractivity contribution is 6.20. The molecule has 2 rings (SSSR count). The van der Waals surface area contributed by atoms with Gasteiger partial charge in [-0.25, -0.2) is 9.37 Å². The van der Waals surface area contributed by atoms with Crippen molar-refractivity contribution >= 4 is 22.6 Å². The number of hydrogen-bond acceptors (Lipinski definition) is 2. The first kappa shape index (κ1) is 15.3. The molecule has 0 amide bonds. The molecule has 1 heterocycles. The molecule has 2 atom stereocenters. The highest BCUT2D eigenvalue weighted by atomic mass is 35.5. The number of hydrogen-bond donors (Lipinski definition) is 0. The van der Waals surface area contributed by atoms with E-state index in [-0.39, 0.29) is 11.2 Å². The van der Waals surface area contributed by atoms with Crippen molar-refractivity contribution in [1.29, 1.82) is 0 Å². The Morgan fingerprint density at radius 2 is 2.00 bits per heavy atom. The molecule has 110 valence electrons. The van der Waals surface area contributed by atoms with Crippen molar-refractivity contribution in [2.45, 2.75) is 38.7 Å². The van der Waals surface area contributed by atoms with E-state index < -0.39 is 0 Å². The number of rotatable bonds is 4. The van der Waals surface area contributed by atoms with Crippen LogP contribution in [0.5, 0.6) is 0 Å². The fourth-order valence-electron chi connectivity index (χ4n) is 2.19. The third-order valence-corrected chi connectivity index (χ3v) is 3.94. The first-order valence-corrected chi connectivity index (χ1v) is 7.21. The van der Waals surface area contributed by atoms with Crippen molar-refractivity contribution in [3.05, 3.63) is 29.3 Å². The molecule has 0 spiro atoms. The highest BCUT2D eigenvalue weighted by Gasteiger charge is 2.18. The second-order valence-electron chi connectivity index (χ2n) is 5.60. The number of halogens is 2. The predicted molar refractivity (Wildman–Crippen MR) is 81.8 cm³/mol. The lowest BCUT2D eigenvalue weighted by Gasteiger charge is -2.22. The molecule has 0 aliphatic carbocycles. The molecule has 3 nitrogen and oxygen atoms in total. The van der Waals surface area contributed by atoms with Crippen LogP contribution in [0.3, 0.4) is 0 Å². The Morgan fingerprint density at radius 3 is 2.55 bits per heavy atom. The topological polar surface area (TPSA) is 21.1 Å². The van der Waals surface area contributed by atoms with Gasteiger partial charge in [0.05, 0.1) is 16.4 Å². The van der Waals surface area contributed by atoms with E-state index >= 15 is 0 Å². The van der Waals surface area contributed by atoms with Gasteiger partial charge in [-0.1, -0.05) is 0 Å². The minimum atomic E-state index is -0.225. The molecule has 0 fully saturated rings. The summed E-state index contributed by atoms with van der Waals surface area (Å²) in [6, 6.07) is 3.68. The molecule has 0 aliphatic rings. The van der Waals surface area contributed by atoms with Gasteiger partial charge in [0, 0.05) is 18.7 Å². The van der Waals surface area contributed by atoms with Crippen molar-refractivity contribution in [2.24, 2.45) is 0 Å². The van der Waals surface area contributed by atoms with Crippen LogP contribution >= 0.6 is 11.6 Å². The van der Waals surface area contributed by atoms with E-state index in [1.165, 1.54) is 6.07 Å². The molecule has 2 unspecified atom stereocenters. The van der Waals surface area contributed by atoms with Gasteiger partial charge < -0.3 is 9.47 Å². The van der Waals surface area contributed by atoms with Gasteiger partial charge in [-0.2, -0.15) is 0 Å². The molecule has 0 saturated heterocycles. The largest absolute Gasteiger partial charge is 0.325 e. The molecular formula is C15H21ClFN3. The summed E-state index contributed by atoms with van der Waals surface area (Å²) in [7, 11) is 4.08. The van der Waals surface area contributed by atoms with Crippen LogP contribution in [0.2, 0.25) is 0 Å². The summed E-state index contributed by atoms with van der Waals surface area (Å²) < 4.78 is 15.8. The van der Waals surface area contributed by atoms with Gasteiger partial charge in [0.1, 0.15) is 11.6 Å². The summed E-state index contributed by atoms with van der Waals surface area (Å²) in [4.78, 5) is 6.64. The van der Waals surface area contributed by atoms with Crippen LogP contribution in [-0.4, -0.2) is 34.6 Å². The van der Waals surface area contributed by atoms with Crippen LogP contribution < -0.4 is 0 Å². The molecular weight excluding hydrogens is 277 g/mol. The number of aromatic nitrogens is 2. The summed E-state index contributed by atoms with van der Waals surface area (Å²) in [6.07, 6.45) is 0. The number of aryl methyl sites for hydroxylation is 1. The van der Waals surface area contributed by atoms with Crippen LogP contribution in [0.4, 0.5) is 4.39 Å². The summed E-state index contributed by atoms with van der Waals surface area (Å²) in [5.41, 5.74) is 2.24. The Bertz CT molecular complexity index is 619. The van der Waals surface area contributed by atoms with Gasteiger partial charge in [-0.3, -0.25) is 0 Å². The first-order chi connectivity index (χ1) is 9.31. The quantitative estimate of drug-likeness (QED) is 0.802. The standard InChI is InChI=1S/C15H21ClFN3/c1-9-6-14-13(7-12(9)17)18-15(11(3)16)20(14)8-10(2)19(4)5/h6-7,10-11H,8H2,1-5H3. The van der Waals surface area contributed by atoms with E-state index in [1.807, 2.05) is 27.1 Å². The second kappa shape index (κ2) is 5.70. The molecule has 0 N–H and O–H groups in total. The molecule has 0 aliphatic heterocycles. The Kier molecular flexibility index (Phi) is 4.35. The zero-order valence-electron chi connectivity index (χ0n) is 12.6. The van der Waals surface area contributed by atoms with Gasteiger partial charge in [-0.05, 0) is 46.5 Å². The van der Waals surface area contributed by atoms with E-state index in [9.17, 15) is 4.39 Å². The smallest absolute Gasteiger partial charge is 0.128 e. The number of alkyl halides is 1. The average molecular weight is 298 g/mol. The fraction of sp³-hybridized carbons (Fsp3) is 0.533. The normalized spacial score (nSPS) is 15.0. The predicted octanol–water partition coefficient (Wildman–Crippen LogP) is 3.73. The number of benzene rings is 1. The molecule has 5 heteroatoms. The summed E-state index contributed by atoms with van der Waals surface area (Å²) >= 11 is 6.23. The monoisotopic (exact) mass is 297 g/mol. The van der Waals surface area contributed by atoms with Gasteiger partial charge in [0.15, 0.2) is 0 Å². The minimum absolute atomic E-state index is 0.208. The maximum atomic E-state index is 13.7. The van der Waals surface area contributed by atoms with Crippen LogP contribution in [0, 0.1) is 12.7 Å². The van der Waals surface area contributed by atoms with E-state index in [0.717, 1.165) is 17.9 Å². The van der Waals surface area contributed by atoms with Crippen LogP contribution in [0.1, 0.15) is 30.6 Å². The maximum Gasteiger partial charge on any atom is 0.128 e. The van der Waals surface area contributed by atoms with Crippen molar-refractivity contribution in [3.63, 3.8) is 0 Å². The lowest BCUT2D eigenvalue weighted by atomic mass is 10.2. The van der Waals surface area contributed by atoms with E-state index in [2.05, 4.69) is 21.4 Å². The second-order valence-corrected chi connectivity index (χ2v) is 6.25. The molecule has 0 saturated carbocycles. The zero-order chi connectivity index (χ0) is 15.0. The zero-order valence-corrected chi connectivity index (χ0v) is 13.4. The van der Waals surface area contributed by atoms with Crippen molar-refractivity contribution in [1.82, 2.24) is 14.5 Å². The molecule has 20 heavy (non-hydrogen) atoms. The average Bonchev–Trinajstić information content (AvgIpc) is 2.68. The molecule has 1 aromatic heterocycles. The number of fused-ring (bicyclic) bond motifs is 1. The summed E-state index contributed by atoms with van der Waals surface area (Å²) in [5.74, 6) is 0.567. The third kappa shape index (κ3) is 2.81. The number of imidazole rings is 1. The number of nitrogens with zero attached hydrogens (tertiary/aromatic N) is 3. The SMILES string of the molecule is Cc1cc2c(cc1F)nc(C(C)Cl)n2CC(C)N(C)C. The number of likely N-dealkylation sites (N-methyl/N-ethyl adjacent to an activating group) is 1. The molecule has 0 radical (unpaired) electrons. The Hall–Kier alpha value is -1.13. The van der Waals surface area contributed by atoms with Gasteiger partial charge >= 0.3 is 0 Å². The minimum Gasteiger partial charge on any atom is -0.325 e. The van der Waals surface area contributed by atoms with Gasteiger partial charge in [0.2, 0.25) is 0 Å². The lowest BCUT2D eigenvalue weighted by Crippen LogP contribution is -2.29. The molecule has 0 bridgehead atoms. The van der Waals surface area contributed by atoms with Gasteiger partial charge in [0.25, 0.3) is 0 Å². The van der Waals surface area contributed by atoms with E-state index in [1.54, 1.807) is 6.92 Å². The lowest BCUT2D eigenvalue weighted by molar-refractivity contribution is 0.284. The van der Waals surface area contributed by atoms with Crippen molar-refractivity contribution < 1.29 is 4.39 Å². The van der Waals surface area contributed by atoms with E-state index in [4.69, 9.17) is 11.6 Å². The van der Waals surface area contributed by atoms with E-state index in [0.29, 0.717) is 17.1 Å². The van der Waals surface area contributed by atoms with Crippen molar-refractivity contribution in [3.8, 4) is 0 Å². The van der Waals surface area contributed by atoms with Crippen molar-refractivity contribution in [2.75, 3.05) is 14.1 Å². The summed E-state index contributed by atoms with van der Waals surface area (Å²) in [6.45, 7) is 6.58. The van der Waals surface area contributed by atoms with Gasteiger partial charge in [-0.15, -0.1) is 11.6 Å². The Labute approximate surface area is 124 Å². The molecule has 2 aromatic rings. The van der Waals surface area contributed by atoms with Crippen LogP contribution in [-0.2, 0) is 6.54 Å². The highest BCUT2D eigenvalue weighted by Crippen LogP contribution is 2.27. The van der Waals surface area contributed by atoms with Crippen LogP contribution in [0.15, 0.2) is 12.1 Å². The Morgan fingerprint density at radius 1 is 1.35 bits per heavy atom. The Balaban J connectivity index is 2.59. The first-order valence-electron chi connectivity index (χ1n) is 6.78. The van der Waals surface area contributed by atoms with Crippen LogP contribution in [0.25, 0.3) is 11.0 Å².